The zero-order valence-corrected chi connectivity index (χ0v) is 10.9. The van der Waals surface area contributed by atoms with E-state index < -0.39 is 0 Å². The summed E-state index contributed by atoms with van der Waals surface area (Å²) in [6.45, 7) is 6.10. The van der Waals surface area contributed by atoms with Crippen molar-refractivity contribution >= 4 is 5.91 Å². The average Bonchev–Trinajstić information content (AvgIpc) is 2.33. The van der Waals surface area contributed by atoms with Gasteiger partial charge < -0.3 is 15.0 Å². The van der Waals surface area contributed by atoms with Gasteiger partial charge in [-0.15, -0.1) is 0 Å². The Labute approximate surface area is 107 Å². The second-order valence-electron chi connectivity index (χ2n) is 4.52. The van der Waals surface area contributed by atoms with Crippen LogP contribution < -0.4 is 10.9 Å². The number of carbonyl (C=O) groups excluding carboxylic acids is 1. The van der Waals surface area contributed by atoms with E-state index in [9.17, 15) is 9.59 Å². The Morgan fingerprint density at radius 2 is 2.28 bits per heavy atom. The minimum atomic E-state index is -0.275. The predicted octanol–water partition coefficient (Wildman–Crippen LogP) is 1.17. The van der Waals surface area contributed by atoms with Crippen LogP contribution in [0.1, 0.15) is 30.6 Å². The number of aromatic nitrogens is 1. The molecular weight excluding hydrogens is 232 g/mol. The number of carbonyl (C=O) groups is 1. The summed E-state index contributed by atoms with van der Waals surface area (Å²) in [7, 11) is 0. The summed E-state index contributed by atoms with van der Waals surface area (Å²) >= 11 is 0. The predicted molar refractivity (Wildman–Crippen MR) is 69.7 cm³/mol. The maximum Gasteiger partial charge on any atom is 0.251 e. The third-order valence-electron chi connectivity index (χ3n) is 2.24. The fourth-order valence-corrected chi connectivity index (χ4v) is 1.38. The van der Waals surface area contributed by atoms with E-state index in [4.69, 9.17) is 4.74 Å². The van der Waals surface area contributed by atoms with Gasteiger partial charge in [0, 0.05) is 37.6 Å². The van der Waals surface area contributed by atoms with Gasteiger partial charge in [-0.05, 0) is 18.4 Å². The molecule has 100 valence electrons. The maximum absolute atomic E-state index is 11.6. The largest absolute Gasteiger partial charge is 0.381 e. The van der Waals surface area contributed by atoms with Crippen LogP contribution in [-0.4, -0.2) is 30.6 Å². The number of H-pyrrole nitrogens is 1. The first-order chi connectivity index (χ1) is 8.59. The number of aromatic amines is 1. The standard InChI is InChI=1S/C13H20N2O3/c1-10(2)9-18-7-3-5-15-13(17)11-4-6-14-12(16)8-11/h4,6,8,10H,3,5,7,9H2,1-2H3,(H,14,16)(H,15,17). The highest BCUT2D eigenvalue weighted by Crippen LogP contribution is 1.94. The van der Waals surface area contributed by atoms with E-state index in [2.05, 4.69) is 24.1 Å². The smallest absolute Gasteiger partial charge is 0.251 e. The van der Waals surface area contributed by atoms with Crippen molar-refractivity contribution in [1.29, 1.82) is 0 Å². The molecule has 0 bridgehead atoms. The molecule has 0 unspecified atom stereocenters. The number of hydrogen-bond donors (Lipinski definition) is 2. The van der Waals surface area contributed by atoms with Gasteiger partial charge in [0.1, 0.15) is 0 Å². The molecule has 0 aliphatic rings. The van der Waals surface area contributed by atoms with Gasteiger partial charge in [0.2, 0.25) is 5.56 Å². The molecule has 1 amide bonds. The van der Waals surface area contributed by atoms with Gasteiger partial charge in [-0.2, -0.15) is 0 Å². The van der Waals surface area contributed by atoms with Crippen LogP contribution in [-0.2, 0) is 4.74 Å². The third-order valence-corrected chi connectivity index (χ3v) is 2.24. The number of rotatable bonds is 7. The van der Waals surface area contributed by atoms with Crippen molar-refractivity contribution in [3.05, 3.63) is 34.2 Å². The van der Waals surface area contributed by atoms with Crippen LogP contribution in [0.15, 0.2) is 23.1 Å². The third kappa shape index (κ3) is 5.63. The fourth-order valence-electron chi connectivity index (χ4n) is 1.38. The van der Waals surface area contributed by atoms with Gasteiger partial charge in [-0.1, -0.05) is 13.8 Å². The molecule has 0 radical (unpaired) electrons. The van der Waals surface area contributed by atoms with Crippen LogP contribution in [0.2, 0.25) is 0 Å². The van der Waals surface area contributed by atoms with Gasteiger partial charge in [-0.25, -0.2) is 0 Å². The topological polar surface area (TPSA) is 71.2 Å². The molecule has 0 atom stereocenters. The first-order valence-corrected chi connectivity index (χ1v) is 6.14. The Kier molecular flexibility index (Phi) is 6.14. The number of amides is 1. The molecule has 18 heavy (non-hydrogen) atoms. The van der Waals surface area contributed by atoms with E-state index in [1.807, 2.05) is 0 Å². The van der Waals surface area contributed by atoms with E-state index in [1.165, 1.54) is 12.3 Å². The normalized spacial score (nSPS) is 10.6. The van der Waals surface area contributed by atoms with Crippen molar-refractivity contribution in [3.63, 3.8) is 0 Å². The molecule has 1 rings (SSSR count). The van der Waals surface area contributed by atoms with Crippen LogP contribution in [0.3, 0.4) is 0 Å². The zero-order chi connectivity index (χ0) is 13.4. The summed E-state index contributed by atoms with van der Waals surface area (Å²) in [6.07, 6.45) is 2.23. The molecule has 0 fully saturated rings. The molecule has 1 aromatic heterocycles. The van der Waals surface area contributed by atoms with Gasteiger partial charge >= 0.3 is 0 Å². The first kappa shape index (κ1) is 14.4. The van der Waals surface area contributed by atoms with Crippen molar-refractivity contribution in [2.45, 2.75) is 20.3 Å². The molecule has 0 aromatic carbocycles. The number of hydrogen-bond acceptors (Lipinski definition) is 3. The van der Waals surface area contributed by atoms with Crippen LogP contribution in [0.5, 0.6) is 0 Å². The molecule has 0 aliphatic carbocycles. The van der Waals surface area contributed by atoms with Crippen LogP contribution in [0.25, 0.3) is 0 Å². The minimum absolute atomic E-state index is 0.232. The molecule has 0 spiro atoms. The molecule has 0 saturated carbocycles. The van der Waals surface area contributed by atoms with Crippen molar-refractivity contribution in [2.75, 3.05) is 19.8 Å². The van der Waals surface area contributed by atoms with E-state index in [0.29, 0.717) is 24.6 Å². The summed E-state index contributed by atoms with van der Waals surface area (Å²) < 4.78 is 5.40. The van der Waals surface area contributed by atoms with Crippen molar-refractivity contribution < 1.29 is 9.53 Å². The summed E-state index contributed by atoms with van der Waals surface area (Å²) in [5.74, 6) is 0.292. The zero-order valence-electron chi connectivity index (χ0n) is 10.9. The lowest BCUT2D eigenvalue weighted by atomic mass is 10.2. The Bertz CT molecular complexity index is 426. The number of nitrogens with one attached hydrogen (secondary N) is 2. The van der Waals surface area contributed by atoms with Gasteiger partial charge in [0.15, 0.2) is 0 Å². The lowest BCUT2D eigenvalue weighted by molar-refractivity contribution is 0.0925. The average molecular weight is 252 g/mol. The highest BCUT2D eigenvalue weighted by Gasteiger charge is 2.04. The summed E-state index contributed by atoms with van der Waals surface area (Å²) in [5.41, 5.74) is 0.102. The Morgan fingerprint density at radius 1 is 1.50 bits per heavy atom. The summed E-state index contributed by atoms with van der Waals surface area (Å²) in [6, 6.07) is 2.86. The number of pyridine rings is 1. The highest BCUT2D eigenvalue weighted by atomic mass is 16.5. The second-order valence-corrected chi connectivity index (χ2v) is 4.52. The summed E-state index contributed by atoms with van der Waals surface area (Å²) in [5, 5.41) is 2.74. The maximum atomic E-state index is 11.6. The molecule has 0 aliphatic heterocycles. The fraction of sp³-hybridized carbons (Fsp3) is 0.538. The second kappa shape index (κ2) is 7.66. The van der Waals surface area contributed by atoms with E-state index >= 15 is 0 Å². The lowest BCUT2D eigenvalue weighted by Crippen LogP contribution is -2.26. The monoisotopic (exact) mass is 252 g/mol. The lowest BCUT2D eigenvalue weighted by Gasteiger charge is -2.07. The molecular formula is C13H20N2O3. The molecule has 2 N–H and O–H groups in total. The van der Waals surface area contributed by atoms with Crippen molar-refractivity contribution in [3.8, 4) is 0 Å². The van der Waals surface area contributed by atoms with Crippen LogP contribution in [0.4, 0.5) is 0 Å². The van der Waals surface area contributed by atoms with Gasteiger partial charge in [-0.3, -0.25) is 9.59 Å². The quantitative estimate of drug-likeness (QED) is 0.715. The van der Waals surface area contributed by atoms with Crippen LogP contribution in [0, 0.1) is 5.92 Å². The molecule has 1 aromatic rings. The molecule has 1 heterocycles. The Hall–Kier alpha value is -1.62. The highest BCUT2D eigenvalue weighted by molar-refractivity contribution is 5.93. The molecule has 5 nitrogen and oxygen atoms in total. The van der Waals surface area contributed by atoms with Crippen molar-refractivity contribution in [2.24, 2.45) is 5.92 Å². The van der Waals surface area contributed by atoms with Gasteiger partial charge in [0.05, 0.1) is 0 Å². The molecule has 5 heteroatoms. The van der Waals surface area contributed by atoms with E-state index in [0.717, 1.165) is 13.0 Å². The first-order valence-electron chi connectivity index (χ1n) is 6.14. The van der Waals surface area contributed by atoms with Gasteiger partial charge in [0.25, 0.3) is 5.91 Å². The summed E-state index contributed by atoms with van der Waals surface area (Å²) in [4.78, 5) is 25.1. The minimum Gasteiger partial charge on any atom is -0.381 e. The number of ether oxygens (including phenoxy) is 1. The van der Waals surface area contributed by atoms with Crippen LogP contribution >= 0.6 is 0 Å². The Morgan fingerprint density at radius 3 is 2.94 bits per heavy atom. The molecule has 0 saturated heterocycles. The SMILES string of the molecule is CC(C)COCCCNC(=O)c1cc[nH]c(=O)c1. The van der Waals surface area contributed by atoms with E-state index in [-0.39, 0.29) is 11.5 Å². The van der Waals surface area contributed by atoms with Crippen molar-refractivity contribution in [1.82, 2.24) is 10.3 Å². The van der Waals surface area contributed by atoms with E-state index in [1.54, 1.807) is 6.07 Å². The Balaban J connectivity index is 2.20.